The van der Waals surface area contributed by atoms with Crippen LogP contribution < -0.4 is 4.74 Å². The number of aromatic nitrogens is 2. The normalized spacial score (nSPS) is 10.8. The van der Waals surface area contributed by atoms with Gasteiger partial charge in [0.05, 0.1) is 23.7 Å². The van der Waals surface area contributed by atoms with Gasteiger partial charge >= 0.3 is 0 Å². The molecule has 3 heteroatoms. The molecular weight excluding hydrogens is 200 g/mol. The summed E-state index contributed by atoms with van der Waals surface area (Å²) < 4.78 is 5.10. The largest absolute Gasteiger partial charge is 0.481 e. The van der Waals surface area contributed by atoms with E-state index in [2.05, 4.69) is 9.97 Å². The third kappa shape index (κ3) is 1.37. The Morgan fingerprint density at radius 1 is 0.875 bits per heavy atom. The summed E-state index contributed by atoms with van der Waals surface area (Å²) >= 11 is 0. The molecule has 0 radical (unpaired) electrons. The Hall–Kier alpha value is -2.16. The van der Waals surface area contributed by atoms with Gasteiger partial charge in [-0.05, 0) is 18.2 Å². The first-order valence-corrected chi connectivity index (χ1v) is 5.07. The molecule has 0 aliphatic heterocycles. The predicted octanol–water partition coefficient (Wildman–Crippen LogP) is 2.79. The first-order chi connectivity index (χ1) is 7.86. The van der Waals surface area contributed by atoms with Crippen molar-refractivity contribution in [2.45, 2.75) is 0 Å². The molecule has 3 rings (SSSR count). The van der Waals surface area contributed by atoms with Crippen molar-refractivity contribution < 1.29 is 4.74 Å². The van der Waals surface area contributed by atoms with Gasteiger partial charge in [0.2, 0.25) is 5.88 Å². The maximum atomic E-state index is 5.10. The van der Waals surface area contributed by atoms with Gasteiger partial charge in [-0.3, -0.25) is 0 Å². The minimum atomic E-state index is 0.615. The van der Waals surface area contributed by atoms with E-state index in [1.807, 2.05) is 42.5 Å². The molecule has 2 heterocycles. The van der Waals surface area contributed by atoms with E-state index in [-0.39, 0.29) is 0 Å². The van der Waals surface area contributed by atoms with Crippen molar-refractivity contribution in [3.05, 3.63) is 42.5 Å². The van der Waals surface area contributed by atoms with Crippen LogP contribution in [0, 0.1) is 0 Å². The Kier molecular flexibility index (Phi) is 1.96. The highest BCUT2D eigenvalue weighted by Gasteiger charge is 2.01. The molecule has 0 atom stereocenters. The number of pyridine rings is 2. The van der Waals surface area contributed by atoms with Crippen LogP contribution in [-0.2, 0) is 0 Å². The lowest BCUT2D eigenvalue weighted by atomic mass is 10.2. The van der Waals surface area contributed by atoms with Crippen LogP contribution in [0.1, 0.15) is 0 Å². The number of fused-ring (bicyclic) bond motifs is 2. The van der Waals surface area contributed by atoms with E-state index in [4.69, 9.17) is 4.74 Å². The second-order valence-corrected chi connectivity index (χ2v) is 3.57. The lowest BCUT2D eigenvalue weighted by Gasteiger charge is -2.02. The third-order valence-electron chi connectivity index (χ3n) is 2.56. The highest BCUT2D eigenvalue weighted by molar-refractivity contribution is 5.90. The topological polar surface area (TPSA) is 35.0 Å². The zero-order valence-corrected chi connectivity index (χ0v) is 8.84. The molecule has 3 aromatic rings. The SMILES string of the molecule is COc1ccc2nc3ccccc3cc2n1. The molecule has 0 unspecified atom stereocenters. The Balaban J connectivity index is 2.37. The minimum absolute atomic E-state index is 0.615. The van der Waals surface area contributed by atoms with Crippen molar-refractivity contribution >= 4 is 21.9 Å². The molecule has 0 amide bonds. The molecule has 0 fully saturated rings. The molecule has 0 N–H and O–H groups in total. The fraction of sp³-hybridized carbons (Fsp3) is 0.0769. The molecule has 1 aromatic carbocycles. The minimum Gasteiger partial charge on any atom is -0.481 e. The van der Waals surface area contributed by atoms with E-state index in [1.165, 1.54) is 0 Å². The highest BCUT2D eigenvalue weighted by Crippen LogP contribution is 2.20. The number of nitrogens with zero attached hydrogens (tertiary/aromatic N) is 2. The monoisotopic (exact) mass is 210 g/mol. The number of hydrogen-bond donors (Lipinski definition) is 0. The molecule has 0 saturated heterocycles. The molecule has 16 heavy (non-hydrogen) atoms. The van der Waals surface area contributed by atoms with Crippen molar-refractivity contribution in [3.63, 3.8) is 0 Å². The molecule has 2 aromatic heterocycles. The van der Waals surface area contributed by atoms with Gasteiger partial charge in [-0.1, -0.05) is 18.2 Å². The van der Waals surface area contributed by atoms with E-state index in [1.54, 1.807) is 7.11 Å². The van der Waals surface area contributed by atoms with Crippen LogP contribution in [0.2, 0.25) is 0 Å². The van der Waals surface area contributed by atoms with Crippen LogP contribution >= 0.6 is 0 Å². The van der Waals surface area contributed by atoms with Gasteiger partial charge in [0.1, 0.15) is 0 Å². The van der Waals surface area contributed by atoms with Crippen molar-refractivity contribution in [3.8, 4) is 5.88 Å². The standard InChI is InChI=1S/C13H10N2O/c1-16-13-7-6-11-12(15-13)8-9-4-2-3-5-10(9)14-11/h2-8H,1H3. The zero-order chi connectivity index (χ0) is 11.0. The van der Waals surface area contributed by atoms with Crippen LogP contribution in [0.5, 0.6) is 5.88 Å². The Morgan fingerprint density at radius 3 is 2.62 bits per heavy atom. The van der Waals surface area contributed by atoms with Gasteiger partial charge in [0.25, 0.3) is 0 Å². The van der Waals surface area contributed by atoms with E-state index in [9.17, 15) is 0 Å². The second kappa shape index (κ2) is 3.45. The van der Waals surface area contributed by atoms with E-state index >= 15 is 0 Å². The van der Waals surface area contributed by atoms with Crippen LogP contribution in [0.3, 0.4) is 0 Å². The fourth-order valence-electron chi connectivity index (χ4n) is 1.75. The van der Waals surface area contributed by atoms with Crippen LogP contribution in [0.25, 0.3) is 21.9 Å². The molecule has 0 aliphatic carbocycles. The summed E-state index contributed by atoms with van der Waals surface area (Å²) in [4.78, 5) is 8.89. The fourth-order valence-corrected chi connectivity index (χ4v) is 1.75. The number of rotatable bonds is 1. The number of methoxy groups -OCH3 is 1. The highest BCUT2D eigenvalue weighted by atomic mass is 16.5. The average molecular weight is 210 g/mol. The number of ether oxygens (including phenoxy) is 1. The van der Waals surface area contributed by atoms with Crippen molar-refractivity contribution in [2.24, 2.45) is 0 Å². The summed E-state index contributed by atoms with van der Waals surface area (Å²) in [6.07, 6.45) is 0. The zero-order valence-electron chi connectivity index (χ0n) is 8.84. The van der Waals surface area contributed by atoms with Gasteiger partial charge in [-0.15, -0.1) is 0 Å². The summed E-state index contributed by atoms with van der Waals surface area (Å²) in [6.45, 7) is 0. The molecule has 0 spiro atoms. The number of benzene rings is 1. The smallest absolute Gasteiger partial charge is 0.213 e. The lowest BCUT2D eigenvalue weighted by molar-refractivity contribution is 0.399. The third-order valence-corrected chi connectivity index (χ3v) is 2.56. The Labute approximate surface area is 92.7 Å². The van der Waals surface area contributed by atoms with Gasteiger partial charge in [-0.2, -0.15) is 0 Å². The first-order valence-electron chi connectivity index (χ1n) is 5.07. The second-order valence-electron chi connectivity index (χ2n) is 3.57. The van der Waals surface area contributed by atoms with E-state index in [0.717, 1.165) is 21.9 Å². The van der Waals surface area contributed by atoms with Gasteiger partial charge in [0.15, 0.2) is 0 Å². The van der Waals surface area contributed by atoms with Crippen molar-refractivity contribution in [2.75, 3.05) is 7.11 Å². The number of para-hydroxylation sites is 1. The molecule has 0 bridgehead atoms. The van der Waals surface area contributed by atoms with Crippen LogP contribution in [-0.4, -0.2) is 17.1 Å². The first kappa shape index (κ1) is 9.09. The van der Waals surface area contributed by atoms with Crippen molar-refractivity contribution in [1.82, 2.24) is 9.97 Å². The average Bonchev–Trinajstić information content (AvgIpc) is 2.35. The van der Waals surface area contributed by atoms with Crippen LogP contribution in [0.4, 0.5) is 0 Å². The lowest BCUT2D eigenvalue weighted by Crippen LogP contribution is -1.89. The molecule has 3 nitrogen and oxygen atoms in total. The van der Waals surface area contributed by atoms with Gasteiger partial charge in [0, 0.05) is 11.5 Å². The summed E-state index contributed by atoms with van der Waals surface area (Å²) in [5.74, 6) is 0.615. The van der Waals surface area contributed by atoms with Gasteiger partial charge < -0.3 is 4.74 Å². The maximum absolute atomic E-state index is 5.10. The summed E-state index contributed by atoms with van der Waals surface area (Å²) in [5, 5.41) is 1.09. The molecule has 0 saturated carbocycles. The van der Waals surface area contributed by atoms with Crippen molar-refractivity contribution in [1.29, 1.82) is 0 Å². The van der Waals surface area contributed by atoms with E-state index < -0.39 is 0 Å². The summed E-state index contributed by atoms with van der Waals surface area (Å²) in [6, 6.07) is 13.8. The summed E-state index contributed by atoms with van der Waals surface area (Å²) in [7, 11) is 1.61. The Morgan fingerprint density at radius 2 is 1.75 bits per heavy atom. The maximum Gasteiger partial charge on any atom is 0.213 e. The molecule has 78 valence electrons. The predicted molar refractivity (Wildman–Crippen MR) is 63.6 cm³/mol. The summed E-state index contributed by atoms with van der Waals surface area (Å²) in [5.41, 5.74) is 2.74. The van der Waals surface area contributed by atoms with Gasteiger partial charge in [-0.25, -0.2) is 9.97 Å². The Bertz CT molecular complexity index is 664. The van der Waals surface area contributed by atoms with Crippen LogP contribution in [0.15, 0.2) is 42.5 Å². The molecular formula is C13H10N2O. The van der Waals surface area contributed by atoms with E-state index in [0.29, 0.717) is 5.88 Å². The molecule has 0 aliphatic rings. The quantitative estimate of drug-likeness (QED) is 0.579. The number of hydrogen-bond acceptors (Lipinski definition) is 3.